The Kier molecular flexibility index (Phi) is 6.66. The van der Waals surface area contributed by atoms with Crippen LogP contribution < -0.4 is 10.9 Å². The van der Waals surface area contributed by atoms with Gasteiger partial charge in [0.25, 0.3) is 11.5 Å². The van der Waals surface area contributed by atoms with Gasteiger partial charge in [0, 0.05) is 28.2 Å². The van der Waals surface area contributed by atoms with Gasteiger partial charge in [0.05, 0.1) is 24.3 Å². The molecule has 1 amide bonds. The van der Waals surface area contributed by atoms with Crippen molar-refractivity contribution in [3.05, 3.63) is 134 Å². The summed E-state index contributed by atoms with van der Waals surface area (Å²) < 4.78 is 1.62. The molecule has 0 aliphatic heterocycles. The van der Waals surface area contributed by atoms with Crippen LogP contribution in [0.5, 0.6) is 0 Å². The Morgan fingerprint density at radius 1 is 1.00 bits per heavy atom. The average molecular weight is 499 g/mol. The molecule has 0 radical (unpaired) electrons. The Morgan fingerprint density at radius 3 is 2.64 bits per heavy atom. The first-order valence-electron chi connectivity index (χ1n) is 11.4. The maximum Gasteiger partial charge on any atom is 0.251 e. The molecule has 2 aromatic heterocycles. The zero-order valence-electron chi connectivity index (χ0n) is 19.2. The molecule has 0 spiro atoms. The molecule has 5 aromatic rings. The van der Waals surface area contributed by atoms with Gasteiger partial charge in [-0.1, -0.05) is 54.1 Å². The van der Waals surface area contributed by atoms with Gasteiger partial charge in [-0.05, 0) is 53.1 Å². The van der Waals surface area contributed by atoms with Crippen LogP contribution in [0.3, 0.4) is 0 Å². The molecule has 0 bridgehead atoms. The Labute approximate surface area is 212 Å². The highest BCUT2D eigenvalue weighted by molar-refractivity contribution is 6.31. The van der Waals surface area contributed by atoms with E-state index in [4.69, 9.17) is 11.6 Å². The third-order valence-corrected chi connectivity index (χ3v) is 6.27. The first kappa shape index (κ1) is 23.5. The Morgan fingerprint density at radius 2 is 1.83 bits per heavy atom. The van der Waals surface area contributed by atoms with Gasteiger partial charge >= 0.3 is 0 Å². The monoisotopic (exact) mass is 498 g/mol. The predicted molar refractivity (Wildman–Crippen MR) is 139 cm³/mol. The quantitative estimate of drug-likeness (QED) is 0.309. The maximum absolute atomic E-state index is 12.8. The average Bonchev–Trinajstić information content (AvgIpc) is 3.30. The van der Waals surface area contributed by atoms with Crippen LogP contribution in [-0.2, 0) is 13.1 Å². The van der Waals surface area contributed by atoms with Crippen molar-refractivity contribution in [1.29, 1.82) is 0 Å². The molecule has 0 aliphatic carbocycles. The van der Waals surface area contributed by atoms with Crippen LogP contribution in [0.1, 0.15) is 38.8 Å². The highest BCUT2D eigenvalue weighted by atomic mass is 35.5. The summed E-state index contributed by atoms with van der Waals surface area (Å²) in [6, 6.07) is 24.8. The predicted octanol–water partition coefficient (Wildman–Crippen LogP) is 4.44. The third kappa shape index (κ3) is 5.07. The van der Waals surface area contributed by atoms with Crippen LogP contribution in [0.25, 0.3) is 10.9 Å². The summed E-state index contributed by atoms with van der Waals surface area (Å²) in [6.45, 7) is 0.682. The maximum atomic E-state index is 12.8. The van der Waals surface area contributed by atoms with Gasteiger partial charge in [-0.25, -0.2) is 0 Å². The van der Waals surface area contributed by atoms with E-state index in [0.29, 0.717) is 34.0 Å². The lowest BCUT2D eigenvalue weighted by Gasteiger charge is -2.14. The van der Waals surface area contributed by atoms with E-state index in [1.54, 1.807) is 47.2 Å². The normalized spacial score (nSPS) is 11.9. The van der Waals surface area contributed by atoms with E-state index in [9.17, 15) is 14.7 Å². The highest BCUT2D eigenvalue weighted by Gasteiger charge is 2.14. The lowest BCUT2D eigenvalue weighted by atomic mass is 9.98. The molecule has 1 unspecified atom stereocenters. The summed E-state index contributed by atoms with van der Waals surface area (Å²) in [5, 5.41) is 22.5. The van der Waals surface area contributed by atoms with E-state index in [0.717, 1.165) is 16.5 Å². The van der Waals surface area contributed by atoms with Crippen molar-refractivity contribution in [2.75, 3.05) is 0 Å². The van der Waals surface area contributed by atoms with Crippen molar-refractivity contribution in [3.63, 3.8) is 0 Å². The molecule has 8 heteroatoms. The molecule has 3 aromatic carbocycles. The summed E-state index contributed by atoms with van der Waals surface area (Å²) in [5.74, 6) is -0.272. The van der Waals surface area contributed by atoms with Crippen molar-refractivity contribution in [3.8, 4) is 0 Å². The zero-order valence-corrected chi connectivity index (χ0v) is 19.9. The number of carbonyl (C=O) groups excluding carboxylic acids is 1. The second-order valence-corrected chi connectivity index (χ2v) is 8.92. The number of aromatic amines is 1. The van der Waals surface area contributed by atoms with Crippen LogP contribution >= 0.6 is 11.6 Å². The van der Waals surface area contributed by atoms with Crippen molar-refractivity contribution < 1.29 is 9.90 Å². The third-order valence-electron chi connectivity index (χ3n) is 6.03. The number of H-pyrrole nitrogens is 1. The van der Waals surface area contributed by atoms with Gasteiger partial charge < -0.3 is 15.0 Å². The molecule has 36 heavy (non-hydrogen) atoms. The van der Waals surface area contributed by atoms with Gasteiger partial charge in [0.1, 0.15) is 6.10 Å². The lowest BCUT2D eigenvalue weighted by molar-refractivity contribution is 0.0950. The van der Waals surface area contributed by atoms with Crippen molar-refractivity contribution in [2.45, 2.75) is 19.2 Å². The fraction of sp³-hybridized carbons (Fsp3) is 0.107. The smallest absolute Gasteiger partial charge is 0.251 e. The van der Waals surface area contributed by atoms with Gasteiger partial charge in [-0.2, -0.15) is 5.10 Å². The number of rotatable bonds is 7. The molecular weight excluding hydrogens is 476 g/mol. The lowest BCUT2D eigenvalue weighted by Crippen LogP contribution is -2.23. The highest BCUT2D eigenvalue weighted by Crippen LogP contribution is 2.24. The minimum Gasteiger partial charge on any atom is -0.384 e. The van der Waals surface area contributed by atoms with Gasteiger partial charge in [-0.3, -0.25) is 14.7 Å². The Bertz CT molecular complexity index is 1590. The SMILES string of the molecule is O=C(NCc1n[nH]c2ccc(Cl)cc12)c1cccc(C(O)c2ccc(Cn3ccccc3=O)cc2)c1. The summed E-state index contributed by atoms with van der Waals surface area (Å²) in [7, 11) is 0. The van der Waals surface area contributed by atoms with Gasteiger partial charge in [0.2, 0.25) is 0 Å². The standard InChI is InChI=1S/C28H23ClN4O3/c29-22-11-12-24-23(15-22)25(32-31-24)16-30-28(36)21-5-3-4-20(14-21)27(35)19-9-7-18(8-10-19)17-33-13-2-1-6-26(33)34/h1-15,27,35H,16-17H2,(H,30,36)(H,31,32). The molecule has 0 saturated heterocycles. The number of carbonyl (C=O) groups is 1. The fourth-order valence-corrected chi connectivity index (χ4v) is 4.25. The number of nitrogens with zero attached hydrogens (tertiary/aromatic N) is 2. The number of nitrogens with one attached hydrogen (secondary N) is 2. The van der Waals surface area contributed by atoms with Gasteiger partial charge in [-0.15, -0.1) is 0 Å². The molecular formula is C28H23ClN4O3. The topological polar surface area (TPSA) is 100 Å². The van der Waals surface area contributed by atoms with E-state index in [1.807, 2.05) is 42.5 Å². The second-order valence-electron chi connectivity index (χ2n) is 8.48. The Hall–Kier alpha value is -4.20. The Balaban J connectivity index is 1.27. The van der Waals surface area contributed by atoms with Gasteiger partial charge in [0.15, 0.2) is 0 Å². The first-order chi connectivity index (χ1) is 17.5. The molecule has 1 atom stereocenters. The number of aliphatic hydroxyl groups is 1. The number of pyridine rings is 1. The fourth-order valence-electron chi connectivity index (χ4n) is 4.08. The van der Waals surface area contributed by atoms with Crippen LogP contribution in [-0.4, -0.2) is 25.8 Å². The number of aromatic nitrogens is 3. The molecule has 0 aliphatic rings. The van der Waals surface area contributed by atoms with Crippen LogP contribution in [0.4, 0.5) is 0 Å². The number of amides is 1. The van der Waals surface area contributed by atoms with Crippen LogP contribution in [0.2, 0.25) is 5.02 Å². The van der Waals surface area contributed by atoms with Crippen molar-refractivity contribution >= 4 is 28.4 Å². The summed E-state index contributed by atoms with van der Waals surface area (Å²) in [4.78, 5) is 24.8. The second kappa shape index (κ2) is 10.2. The minimum atomic E-state index is -0.899. The van der Waals surface area contributed by atoms with E-state index < -0.39 is 6.10 Å². The van der Waals surface area contributed by atoms with Crippen LogP contribution in [0.15, 0.2) is 95.9 Å². The van der Waals surface area contributed by atoms with E-state index in [-0.39, 0.29) is 18.0 Å². The number of benzene rings is 3. The molecule has 7 nitrogen and oxygen atoms in total. The molecule has 0 saturated carbocycles. The van der Waals surface area contributed by atoms with Crippen molar-refractivity contribution in [1.82, 2.24) is 20.1 Å². The molecule has 2 heterocycles. The number of aliphatic hydroxyl groups excluding tert-OH is 1. The molecule has 3 N–H and O–H groups in total. The minimum absolute atomic E-state index is 0.0685. The first-order valence-corrected chi connectivity index (χ1v) is 11.8. The number of hydrogen-bond acceptors (Lipinski definition) is 4. The summed E-state index contributed by atoms with van der Waals surface area (Å²) in [6.07, 6.45) is 0.842. The summed E-state index contributed by atoms with van der Waals surface area (Å²) >= 11 is 6.09. The van der Waals surface area contributed by atoms with E-state index in [2.05, 4.69) is 15.5 Å². The molecule has 0 fully saturated rings. The zero-order chi connectivity index (χ0) is 25.1. The number of halogens is 1. The number of fused-ring (bicyclic) bond motifs is 1. The molecule has 180 valence electrons. The number of hydrogen-bond donors (Lipinski definition) is 3. The van der Waals surface area contributed by atoms with Crippen molar-refractivity contribution in [2.24, 2.45) is 0 Å². The largest absolute Gasteiger partial charge is 0.384 e. The molecule has 5 rings (SSSR count). The van der Waals surface area contributed by atoms with Crippen LogP contribution in [0, 0.1) is 0 Å². The van der Waals surface area contributed by atoms with E-state index >= 15 is 0 Å². The summed E-state index contributed by atoms with van der Waals surface area (Å²) in [5.41, 5.74) is 4.14. The van der Waals surface area contributed by atoms with E-state index in [1.165, 1.54) is 6.07 Å².